The first-order chi connectivity index (χ1) is 11.4. The van der Waals surface area contributed by atoms with Gasteiger partial charge in [-0.2, -0.15) is 0 Å². The Balaban J connectivity index is 1.65. The summed E-state index contributed by atoms with van der Waals surface area (Å²) in [6.45, 7) is 9.22. The van der Waals surface area contributed by atoms with Crippen molar-refractivity contribution < 1.29 is 4.79 Å². The maximum atomic E-state index is 12.9. The van der Waals surface area contributed by atoms with E-state index in [0.717, 1.165) is 43.9 Å². The summed E-state index contributed by atoms with van der Waals surface area (Å²) >= 11 is 0. The van der Waals surface area contributed by atoms with Crippen LogP contribution in [0.3, 0.4) is 0 Å². The first kappa shape index (κ1) is 16.9. The number of aromatic nitrogens is 2. The minimum absolute atomic E-state index is 0.0919. The molecule has 1 aromatic carbocycles. The van der Waals surface area contributed by atoms with Crippen LogP contribution in [0.2, 0.25) is 0 Å². The molecule has 0 amide bonds. The van der Waals surface area contributed by atoms with E-state index in [1.807, 2.05) is 18.3 Å². The van der Waals surface area contributed by atoms with Gasteiger partial charge in [-0.1, -0.05) is 45.0 Å². The zero-order valence-electron chi connectivity index (χ0n) is 14.9. The molecule has 0 spiro atoms. The van der Waals surface area contributed by atoms with E-state index in [4.69, 9.17) is 0 Å². The highest BCUT2D eigenvalue weighted by molar-refractivity contribution is 5.98. The van der Waals surface area contributed by atoms with Crippen LogP contribution in [-0.4, -0.2) is 33.7 Å². The third kappa shape index (κ3) is 3.93. The van der Waals surface area contributed by atoms with Crippen molar-refractivity contribution in [2.75, 3.05) is 13.1 Å². The molecule has 4 nitrogen and oxygen atoms in total. The number of hydrogen-bond acceptors (Lipinski definition) is 3. The topological polar surface area (TPSA) is 49.0 Å². The number of Topliss-reactive ketones (excluding diaryl/α,β-unsaturated/α-hetero) is 1. The molecule has 1 aromatic heterocycles. The van der Waals surface area contributed by atoms with E-state index in [9.17, 15) is 4.79 Å². The molecule has 0 aliphatic carbocycles. The van der Waals surface area contributed by atoms with Crippen molar-refractivity contribution in [1.82, 2.24) is 14.9 Å². The van der Waals surface area contributed by atoms with Crippen molar-refractivity contribution in [2.24, 2.45) is 5.92 Å². The van der Waals surface area contributed by atoms with Gasteiger partial charge in [-0.3, -0.25) is 9.69 Å². The Labute approximate surface area is 144 Å². The van der Waals surface area contributed by atoms with Crippen LogP contribution in [0.1, 0.15) is 55.4 Å². The smallest absolute Gasteiger partial charge is 0.167 e. The molecule has 0 saturated carbocycles. The van der Waals surface area contributed by atoms with Crippen molar-refractivity contribution in [2.45, 2.75) is 45.6 Å². The Morgan fingerprint density at radius 2 is 2.04 bits per heavy atom. The maximum absolute atomic E-state index is 12.9. The standard InChI is InChI=1S/C20H27N3O/c1-20(2,3)17-8-6-15(7-9-17)19(24)16-5-4-12-23(13-16)14-18-21-10-11-22-18/h6-11,16H,4-5,12-14H2,1-3H3,(H,21,22). The van der Waals surface area contributed by atoms with Crippen LogP contribution in [-0.2, 0) is 12.0 Å². The summed E-state index contributed by atoms with van der Waals surface area (Å²) in [7, 11) is 0. The third-order valence-electron chi connectivity index (χ3n) is 4.84. The van der Waals surface area contributed by atoms with Gasteiger partial charge in [-0.25, -0.2) is 4.98 Å². The fraction of sp³-hybridized carbons (Fsp3) is 0.500. The van der Waals surface area contributed by atoms with Crippen molar-refractivity contribution >= 4 is 5.78 Å². The number of piperidine rings is 1. The van der Waals surface area contributed by atoms with Crippen molar-refractivity contribution in [3.8, 4) is 0 Å². The minimum atomic E-state index is 0.0919. The van der Waals surface area contributed by atoms with Gasteiger partial charge in [-0.15, -0.1) is 0 Å². The average Bonchev–Trinajstić information content (AvgIpc) is 3.07. The first-order valence-corrected chi connectivity index (χ1v) is 8.79. The molecule has 0 bridgehead atoms. The van der Waals surface area contributed by atoms with Gasteiger partial charge >= 0.3 is 0 Å². The number of nitrogens with zero attached hydrogens (tertiary/aromatic N) is 2. The summed E-state index contributed by atoms with van der Waals surface area (Å²) in [5.41, 5.74) is 2.22. The lowest BCUT2D eigenvalue weighted by molar-refractivity contribution is 0.0808. The predicted octanol–water partition coefficient (Wildman–Crippen LogP) is 3.80. The Hall–Kier alpha value is -1.94. The average molecular weight is 325 g/mol. The van der Waals surface area contributed by atoms with Gasteiger partial charge in [-0.05, 0) is 30.4 Å². The predicted molar refractivity (Wildman–Crippen MR) is 96.1 cm³/mol. The molecule has 2 heterocycles. The van der Waals surface area contributed by atoms with E-state index in [1.165, 1.54) is 5.56 Å². The highest BCUT2D eigenvalue weighted by Gasteiger charge is 2.27. The Kier molecular flexibility index (Phi) is 4.86. The van der Waals surface area contributed by atoms with Crippen LogP contribution < -0.4 is 0 Å². The largest absolute Gasteiger partial charge is 0.348 e. The second-order valence-electron chi connectivity index (χ2n) is 7.80. The van der Waals surface area contributed by atoms with E-state index in [-0.39, 0.29) is 17.1 Å². The molecule has 3 rings (SSSR count). The van der Waals surface area contributed by atoms with Gasteiger partial charge in [0.15, 0.2) is 5.78 Å². The van der Waals surface area contributed by atoms with E-state index >= 15 is 0 Å². The molecule has 1 saturated heterocycles. The highest BCUT2D eigenvalue weighted by Crippen LogP contribution is 2.25. The fourth-order valence-electron chi connectivity index (χ4n) is 3.38. The molecule has 1 aliphatic rings. The molecular weight excluding hydrogens is 298 g/mol. The Morgan fingerprint density at radius 1 is 1.29 bits per heavy atom. The van der Waals surface area contributed by atoms with Crippen LogP contribution in [0.5, 0.6) is 0 Å². The molecular formula is C20H27N3O. The number of nitrogens with one attached hydrogen (secondary N) is 1. The molecule has 4 heteroatoms. The van der Waals surface area contributed by atoms with Gasteiger partial charge in [0.2, 0.25) is 0 Å². The zero-order chi connectivity index (χ0) is 17.2. The summed E-state index contributed by atoms with van der Waals surface area (Å²) in [5.74, 6) is 1.34. The molecule has 2 aromatic rings. The summed E-state index contributed by atoms with van der Waals surface area (Å²) < 4.78 is 0. The van der Waals surface area contributed by atoms with E-state index in [2.05, 4.69) is 47.8 Å². The second kappa shape index (κ2) is 6.89. The number of H-pyrrole nitrogens is 1. The number of imidazole rings is 1. The van der Waals surface area contributed by atoms with Crippen molar-refractivity contribution in [3.63, 3.8) is 0 Å². The van der Waals surface area contributed by atoms with Gasteiger partial charge < -0.3 is 4.98 Å². The van der Waals surface area contributed by atoms with Gasteiger partial charge in [0.25, 0.3) is 0 Å². The number of ketones is 1. The number of benzene rings is 1. The van der Waals surface area contributed by atoms with E-state index < -0.39 is 0 Å². The molecule has 0 radical (unpaired) electrons. The number of likely N-dealkylation sites (tertiary alicyclic amines) is 1. The van der Waals surface area contributed by atoms with Crippen LogP contribution in [0.15, 0.2) is 36.7 Å². The molecule has 1 aliphatic heterocycles. The van der Waals surface area contributed by atoms with E-state index in [0.29, 0.717) is 0 Å². The van der Waals surface area contributed by atoms with Crippen LogP contribution in [0, 0.1) is 5.92 Å². The molecule has 128 valence electrons. The lowest BCUT2D eigenvalue weighted by atomic mass is 9.85. The maximum Gasteiger partial charge on any atom is 0.167 e. The van der Waals surface area contributed by atoms with E-state index in [1.54, 1.807) is 6.20 Å². The number of rotatable bonds is 4. The highest BCUT2D eigenvalue weighted by atomic mass is 16.1. The first-order valence-electron chi connectivity index (χ1n) is 8.79. The fourth-order valence-corrected chi connectivity index (χ4v) is 3.38. The molecule has 1 atom stereocenters. The van der Waals surface area contributed by atoms with Crippen molar-refractivity contribution in [3.05, 3.63) is 53.6 Å². The Bertz CT molecular complexity index is 668. The zero-order valence-corrected chi connectivity index (χ0v) is 14.9. The van der Waals surface area contributed by atoms with Gasteiger partial charge in [0.05, 0.1) is 6.54 Å². The lowest BCUT2D eigenvalue weighted by Gasteiger charge is -2.31. The molecule has 1 unspecified atom stereocenters. The van der Waals surface area contributed by atoms with Crippen LogP contribution >= 0.6 is 0 Å². The second-order valence-corrected chi connectivity index (χ2v) is 7.80. The molecule has 1 fully saturated rings. The normalized spacial score (nSPS) is 19.4. The molecule has 1 N–H and O–H groups in total. The number of carbonyl (C=O) groups excluding carboxylic acids is 1. The summed E-state index contributed by atoms with van der Waals surface area (Å²) in [4.78, 5) is 22.6. The van der Waals surface area contributed by atoms with Gasteiger partial charge in [0, 0.05) is 30.4 Å². The monoisotopic (exact) mass is 325 g/mol. The number of hydrogen-bond donors (Lipinski definition) is 1. The lowest BCUT2D eigenvalue weighted by Crippen LogP contribution is -2.38. The van der Waals surface area contributed by atoms with Crippen molar-refractivity contribution in [1.29, 1.82) is 0 Å². The number of aromatic amines is 1. The Morgan fingerprint density at radius 3 is 2.67 bits per heavy atom. The minimum Gasteiger partial charge on any atom is -0.348 e. The van der Waals surface area contributed by atoms with Crippen LogP contribution in [0.25, 0.3) is 0 Å². The summed E-state index contributed by atoms with van der Waals surface area (Å²) in [6.07, 6.45) is 5.67. The summed E-state index contributed by atoms with van der Waals surface area (Å²) in [5, 5.41) is 0. The molecule has 24 heavy (non-hydrogen) atoms. The third-order valence-corrected chi connectivity index (χ3v) is 4.84. The van der Waals surface area contributed by atoms with Gasteiger partial charge in [0.1, 0.15) is 5.82 Å². The number of carbonyl (C=O) groups is 1. The SMILES string of the molecule is CC(C)(C)c1ccc(C(=O)C2CCCN(Cc3ncc[nH]3)C2)cc1. The summed E-state index contributed by atoms with van der Waals surface area (Å²) in [6, 6.07) is 8.18. The van der Waals surface area contributed by atoms with Crippen LogP contribution in [0.4, 0.5) is 0 Å². The quantitative estimate of drug-likeness (QED) is 0.870.